The zero-order valence-corrected chi connectivity index (χ0v) is 21.1. The second kappa shape index (κ2) is 10.8. The fourth-order valence-electron chi connectivity index (χ4n) is 3.66. The van der Waals surface area contributed by atoms with E-state index in [2.05, 4.69) is 10.6 Å². The Morgan fingerprint density at radius 1 is 1.14 bits per heavy atom. The van der Waals surface area contributed by atoms with Gasteiger partial charge in [-0.05, 0) is 48.2 Å². The van der Waals surface area contributed by atoms with Crippen LogP contribution >= 0.6 is 11.6 Å². The van der Waals surface area contributed by atoms with Crippen LogP contribution in [0.1, 0.15) is 31.0 Å². The number of likely N-dealkylation sites (N-methyl/N-ethyl adjacent to an activating group) is 1. The second-order valence-corrected chi connectivity index (χ2v) is 9.31. The number of nitrogens with one attached hydrogen (secondary N) is 2. The molecule has 2 aromatic carbocycles. The van der Waals surface area contributed by atoms with Crippen LogP contribution in [0.4, 0.5) is 10.5 Å². The van der Waals surface area contributed by atoms with Gasteiger partial charge in [-0.3, -0.25) is 14.4 Å². The Bertz CT molecular complexity index is 1130. The monoisotopic (exact) mass is 500 g/mol. The standard InChI is InChI=1S/C25H29ClN4O5/c1-14(2)22(23(32)27-19-11-6-15(3)12-18(19)26)30-24(33)21(28-25(30)34)16-7-9-17(10-8-16)35-13-20(31)29(4)5/h6-12,14,21-22H,13H2,1-5H3,(H,27,32)(H,28,34)/t21-,22?/m1/s1. The molecule has 2 aromatic rings. The molecule has 0 radical (unpaired) electrons. The van der Waals surface area contributed by atoms with Crippen LogP contribution in [0.2, 0.25) is 5.02 Å². The molecule has 186 valence electrons. The van der Waals surface area contributed by atoms with E-state index in [1.54, 1.807) is 70.4 Å². The summed E-state index contributed by atoms with van der Waals surface area (Å²) in [4.78, 5) is 53.3. The predicted molar refractivity (Wildman–Crippen MR) is 132 cm³/mol. The Morgan fingerprint density at radius 2 is 1.80 bits per heavy atom. The molecule has 1 fully saturated rings. The van der Waals surface area contributed by atoms with E-state index in [0.29, 0.717) is 22.0 Å². The lowest BCUT2D eigenvalue weighted by Gasteiger charge is -2.27. The molecule has 0 spiro atoms. The van der Waals surface area contributed by atoms with Crippen LogP contribution in [-0.4, -0.2) is 60.3 Å². The first-order chi connectivity index (χ1) is 16.5. The number of halogens is 1. The van der Waals surface area contributed by atoms with Crippen LogP contribution in [0.25, 0.3) is 0 Å². The van der Waals surface area contributed by atoms with Crippen molar-refractivity contribution >= 4 is 41.0 Å². The number of benzene rings is 2. The summed E-state index contributed by atoms with van der Waals surface area (Å²) < 4.78 is 5.45. The molecular weight excluding hydrogens is 472 g/mol. The zero-order chi connectivity index (χ0) is 25.9. The molecule has 2 N–H and O–H groups in total. The average molecular weight is 501 g/mol. The molecule has 1 heterocycles. The van der Waals surface area contributed by atoms with Crippen molar-refractivity contribution in [1.82, 2.24) is 15.1 Å². The van der Waals surface area contributed by atoms with Gasteiger partial charge in [0.1, 0.15) is 17.8 Å². The Labute approximate surface area is 209 Å². The summed E-state index contributed by atoms with van der Waals surface area (Å²) in [7, 11) is 3.27. The number of rotatable bonds is 8. The van der Waals surface area contributed by atoms with Gasteiger partial charge < -0.3 is 20.3 Å². The van der Waals surface area contributed by atoms with E-state index in [1.165, 1.54) is 4.90 Å². The van der Waals surface area contributed by atoms with Crippen molar-refractivity contribution in [2.75, 3.05) is 26.0 Å². The van der Waals surface area contributed by atoms with Crippen molar-refractivity contribution in [3.8, 4) is 5.75 Å². The van der Waals surface area contributed by atoms with Gasteiger partial charge in [0.2, 0.25) is 5.91 Å². The minimum absolute atomic E-state index is 0.116. The third-order valence-electron chi connectivity index (χ3n) is 5.61. The van der Waals surface area contributed by atoms with Crippen LogP contribution < -0.4 is 15.4 Å². The number of carbonyl (C=O) groups excluding carboxylic acids is 4. The van der Waals surface area contributed by atoms with Crippen LogP contribution in [0.15, 0.2) is 42.5 Å². The summed E-state index contributed by atoms with van der Waals surface area (Å²) >= 11 is 6.24. The van der Waals surface area contributed by atoms with Gasteiger partial charge in [-0.1, -0.05) is 43.6 Å². The number of anilines is 1. The van der Waals surface area contributed by atoms with Gasteiger partial charge in [-0.25, -0.2) is 9.69 Å². The lowest BCUT2D eigenvalue weighted by atomic mass is 10.00. The Hall–Kier alpha value is -3.59. The van der Waals surface area contributed by atoms with E-state index < -0.39 is 29.9 Å². The van der Waals surface area contributed by atoms with Crippen LogP contribution in [0, 0.1) is 12.8 Å². The van der Waals surface area contributed by atoms with Gasteiger partial charge in [0.25, 0.3) is 11.8 Å². The predicted octanol–water partition coefficient (Wildman–Crippen LogP) is 3.37. The van der Waals surface area contributed by atoms with Gasteiger partial charge >= 0.3 is 6.03 Å². The maximum Gasteiger partial charge on any atom is 0.325 e. The number of hydrogen-bond donors (Lipinski definition) is 2. The second-order valence-electron chi connectivity index (χ2n) is 8.90. The molecule has 9 nitrogen and oxygen atoms in total. The number of nitrogens with zero attached hydrogens (tertiary/aromatic N) is 2. The van der Waals surface area contributed by atoms with Gasteiger partial charge in [-0.15, -0.1) is 0 Å². The number of imide groups is 1. The maximum absolute atomic E-state index is 13.3. The van der Waals surface area contributed by atoms with Crippen molar-refractivity contribution in [3.63, 3.8) is 0 Å². The van der Waals surface area contributed by atoms with Gasteiger partial charge in [0, 0.05) is 14.1 Å². The van der Waals surface area contributed by atoms with E-state index in [1.807, 2.05) is 6.92 Å². The Morgan fingerprint density at radius 3 is 2.37 bits per heavy atom. The summed E-state index contributed by atoms with van der Waals surface area (Å²) in [6.45, 7) is 5.28. The smallest absolute Gasteiger partial charge is 0.325 e. The molecule has 1 aliphatic rings. The fraction of sp³-hybridized carbons (Fsp3) is 0.360. The van der Waals surface area contributed by atoms with Crippen LogP contribution in [-0.2, 0) is 14.4 Å². The number of carbonyl (C=O) groups is 4. The molecular formula is C25H29ClN4O5. The minimum atomic E-state index is -1.04. The van der Waals surface area contributed by atoms with Crippen molar-refractivity contribution < 1.29 is 23.9 Å². The summed E-state index contributed by atoms with van der Waals surface area (Å²) in [6, 6.07) is 9.07. The first kappa shape index (κ1) is 26.0. The topological polar surface area (TPSA) is 108 Å². The molecule has 0 saturated carbocycles. The third-order valence-corrected chi connectivity index (χ3v) is 5.92. The normalized spacial score (nSPS) is 16.2. The highest BCUT2D eigenvalue weighted by atomic mass is 35.5. The summed E-state index contributed by atoms with van der Waals surface area (Å²) in [6.07, 6.45) is 0. The van der Waals surface area contributed by atoms with E-state index in [9.17, 15) is 19.2 Å². The molecule has 0 aliphatic carbocycles. The van der Waals surface area contributed by atoms with E-state index in [4.69, 9.17) is 16.3 Å². The fourth-order valence-corrected chi connectivity index (χ4v) is 3.94. The molecule has 1 unspecified atom stereocenters. The van der Waals surface area contributed by atoms with E-state index in [-0.39, 0.29) is 18.4 Å². The number of urea groups is 1. The van der Waals surface area contributed by atoms with Gasteiger partial charge in [-0.2, -0.15) is 0 Å². The molecule has 0 aromatic heterocycles. The average Bonchev–Trinajstić information content (AvgIpc) is 3.08. The number of aryl methyl sites for hydroxylation is 1. The Kier molecular flexibility index (Phi) is 8.01. The lowest BCUT2D eigenvalue weighted by Crippen LogP contribution is -2.50. The number of hydrogen-bond acceptors (Lipinski definition) is 5. The quantitative estimate of drug-likeness (QED) is 0.540. The van der Waals surface area contributed by atoms with Crippen LogP contribution in [0.5, 0.6) is 5.75 Å². The molecule has 0 bridgehead atoms. The number of ether oxygens (including phenoxy) is 1. The van der Waals surface area contributed by atoms with E-state index >= 15 is 0 Å². The molecule has 1 saturated heterocycles. The highest BCUT2D eigenvalue weighted by molar-refractivity contribution is 6.33. The first-order valence-electron chi connectivity index (χ1n) is 11.1. The molecule has 3 rings (SSSR count). The molecule has 1 aliphatic heterocycles. The Balaban J connectivity index is 1.75. The number of amides is 5. The first-order valence-corrected chi connectivity index (χ1v) is 11.5. The molecule has 5 amide bonds. The van der Waals surface area contributed by atoms with Crippen molar-refractivity contribution in [3.05, 3.63) is 58.6 Å². The van der Waals surface area contributed by atoms with Crippen molar-refractivity contribution in [1.29, 1.82) is 0 Å². The van der Waals surface area contributed by atoms with Gasteiger partial charge in [0.15, 0.2) is 6.61 Å². The largest absolute Gasteiger partial charge is 0.484 e. The summed E-state index contributed by atoms with van der Waals surface area (Å²) in [5.74, 6) is -1.13. The zero-order valence-electron chi connectivity index (χ0n) is 20.3. The SMILES string of the molecule is Cc1ccc(NC(=O)C(C(C)C)N2C(=O)N[C@H](c3ccc(OCC(=O)N(C)C)cc3)C2=O)c(Cl)c1. The third kappa shape index (κ3) is 5.92. The van der Waals surface area contributed by atoms with E-state index in [0.717, 1.165) is 10.5 Å². The molecule has 2 atom stereocenters. The summed E-state index contributed by atoms with van der Waals surface area (Å²) in [5.41, 5.74) is 1.87. The lowest BCUT2D eigenvalue weighted by molar-refractivity contribution is -0.135. The maximum atomic E-state index is 13.3. The van der Waals surface area contributed by atoms with Crippen molar-refractivity contribution in [2.45, 2.75) is 32.9 Å². The molecule has 35 heavy (non-hydrogen) atoms. The van der Waals surface area contributed by atoms with Gasteiger partial charge in [0.05, 0.1) is 10.7 Å². The van der Waals surface area contributed by atoms with Crippen LogP contribution in [0.3, 0.4) is 0 Å². The van der Waals surface area contributed by atoms with Crippen molar-refractivity contribution in [2.24, 2.45) is 5.92 Å². The highest BCUT2D eigenvalue weighted by Crippen LogP contribution is 2.29. The summed E-state index contributed by atoms with van der Waals surface area (Å²) in [5, 5.41) is 5.76. The molecule has 10 heteroatoms. The minimum Gasteiger partial charge on any atom is -0.484 e. The highest BCUT2D eigenvalue weighted by Gasteiger charge is 2.46.